The molecule has 0 aromatic carbocycles. The van der Waals surface area contributed by atoms with E-state index in [1.54, 1.807) is 0 Å². The van der Waals surface area contributed by atoms with Gasteiger partial charge in [0, 0.05) is 13.0 Å². The molecule has 1 saturated heterocycles. The van der Waals surface area contributed by atoms with Crippen LogP contribution in [0.3, 0.4) is 0 Å². The Morgan fingerprint density at radius 2 is 1.00 bits per heavy atom. The van der Waals surface area contributed by atoms with Gasteiger partial charge in [-0.3, -0.25) is 9.35 Å². The summed E-state index contributed by atoms with van der Waals surface area (Å²) in [5.74, 6) is -0.402. The molecule has 0 aliphatic carbocycles. The van der Waals surface area contributed by atoms with E-state index in [0.717, 1.165) is 57.8 Å². The molecule has 0 amide bonds. The van der Waals surface area contributed by atoms with Gasteiger partial charge in [0.1, 0.15) is 30.5 Å². The van der Waals surface area contributed by atoms with Crippen molar-refractivity contribution in [3.05, 3.63) is 12.2 Å². The van der Waals surface area contributed by atoms with Crippen LogP contribution in [0, 0.1) is 0 Å². The Labute approximate surface area is 385 Å². The van der Waals surface area contributed by atoms with Crippen molar-refractivity contribution in [1.82, 2.24) is 0 Å². The molecule has 1 heterocycles. The maximum Gasteiger partial charge on any atom is 0.397 e. The normalized spacial score (nSPS) is 19.9. The van der Waals surface area contributed by atoms with Crippen molar-refractivity contribution < 1.29 is 56.2 Å². The van der Waals surface area contributed by atoms with Crippen molar-refractivity contribution >= 4 is 16.4 Å². The Kier molecular flexibility index (Phi) is 40.1. The van der Waals surface area contributed by atoms with E-state index in [1.165, 1.54) is 154 Å². The highest BCUT2D eigenvalue weighted by Crippen LogP contribution is 2.26. The summed E-state index contributed by atoms with van der Waals surface area (Å²) in [5.41, 5.74) is 0. The molecule has 13 heteroatoms. The van der Waals surface area contributed by atoms with Crippen LogP contribution in [0.4, 0.5) is 0 Å². The number of ether oxygens (including phenoxy) is 4. The van der Waals surface area contributed by atoms with Gasteiger partial charge in [0.2, 0.25) is 0 Å². The van der Waals surface area contributed by atoms with Gasteiger partial charge in [-0.1, -0.05) is 206 Å². The van der Waals surface area contributed by atoms with Gasteiger partial charge in [-0.25, -0.2) is 4.18 Å². The van der Waals surface area contributed by atoms with Gasteiger partial charge < -0.3 is 34.3 Å². The first kappa shape index (κ1) is 59.9. The van der Waals surface area contributed by atoms with Crippen molar-refractivity contribution in [2.45, 2.75) is 275 Å². The van der Waals surface area contributed by atoms with E-state index >= 15 is 0 Å². The van der Waals surface area contributed by atoms with Gasteiger partial charge in [0.05, 0.1) is 19.8 Å². The van der Waals surface area contributed by atoms with Crippen molar-refractivity contribution in [3.63, 3.8) is 0 Å². The smallest absolute Gasteiger partial charge is 0.397 e. The molecular weight excluding hydrogens is 825 g/mol. The van der Waals surface area contributed by atoms with Crippen molar-refractivity contribution in [1.29, 1.82) is 0 Å². The Bertz CT molecular complexity index is 1150. The minimum Gasteiger partial charge on any atom is -0.457 e. The van der Waals surface area contributed by atoms with E-state index in [1.807, 2.05) is 0 Å². The number of esters is 1. The second-order valence-electron chi connectivity index (χ2n) is 18.1. The second-order valence-corrected chi connectivity index (χ2v) is 19.2. The maximum absolute atomic E-state index is 12.9. The molecule has 0 spiro atoms. The fourth-order valence-corrected chi connectivity index (χ4v) is 8.71. The van der Waals surface area contributed by atoms with Crippen LogP contribution in [0.1, 0.15) is 239 Å². The SMILES string of the molecule is CCCCCCCCC/C=C\CCCCCCCC(=O)OC(COCCCCCCCCCCCCCCCCCCCCCC)COC1OC(CO)C(O)C(OS(=O)(=O)O)C1O. The van der Waals surface area contributed by atoms with E-state index in [4.69, 9.17) is 18.9 Å². The molecule has 1 rings (SSSR count). The Morgan fingerprint density at radius 3 is 1.43 bits per heavy atom. The van der Waals surface area contributed by atoms with E-state index in [0.29, 0.717) is 13.0 Å². The number of hydrogen-bond acceptors (Lipinski definition) is 11. The molecule has 1 fully saturated rings. The van der Waals surface area contributed by atoms with Gasteiger partial charge in [-0.2, -0.15) is 8.42 Å². The quantitative estimate of drug-likeness (QED) is 0.0197. The van der Waals surface area contributed by atoms with E-state index in [9.17, 15) is 33.1 Å². The third-order valence-corrected chi connectivity index (χ3v) is 12.6. The molecule has 0 radical (unpaired) electrons. The number of carbonyl (C=O) groups is 1. The molecule has 6 atom stereocenters. The van der Waals surface area contributed by atoms with Gasteiger partial charge in [-0.05, 0) is 38.5 Å². The standard InChI is InChI=1S/C50H96O12S/c1-3-5-7-9-11-13-15-17-19-21-22-23-24-26-28-30-32-34-36-38-40-58-42-44(43-59-50-48(54)49(62-63(55,56)57)47(53)45(41-51)61-50)60-46(52)39-37-35-33-31-29-27-25-20-18-16-14-12-10-8-6-4-2/h20,25,44-45,47-51,53-54H,3-19,21-24,26-43H2,1-2H3,(H,55,56,57)/b25-20-. The lowest BCUT2D eigenvalue weighted by molar-refractivity contribution is -0.301. The molecule has 63 heavy (non-hydrogen) atoms. The fraction of sp³-hybridized carbons (Fsp3) is 0.940. The molecule has 12 nitrogen and oxygen atoms in total. The molecule has 0 bridgehead atoms. The highest BCUT2D eigenvalue weighted by atomic mass is 32.3. The summed E-state index contributed by atoms with van der Waals surface area (Å²) in [6.45, 7) is 4.03. The average Bonchev–Trinajstić information content (AvgIpc) is 3.26. The molecule has 4 N–H and O–H groups in total. The third-order valence-electron chi connectivity index (χ3n) is 12.1. The van der Waals surface area contributed by atoms with Gasteiger partial charge in [0.25, 0.3) is 0 Å². The van der Waals surface area contributed by atoms with Crippen LogP contribution in [0.15, 0.2) is 12.2 Å². The highest BCUT2D eigenvalue weighted by molar-refractivity contribution is 7.80. The molecule has 0 aromatic rings. The Balaban J connectivity index is 2.34. The zero-order chi connectivity index (χ0) is 46.1. The molecule has 1 aliphatic heterocycles. The zero-order valence-electron chi connectivity index (χ0n) is 40.2. The summed E-state index contributed by atoms with van der Waals surface area (Å²) in [6, 6.07) is 0. The summed E-state index contributed by atoms with van der Waals surface area (Å²) in [6.07, 6.45) is 38.2. The van der Waals surface area contributed by atoms with Crippen LogP contribution in [0.25, 0.3) is 0 Å². The fourth-order valence-electron chi connectivity index (χ4n) is 8.20. The lowest BCUT2D eigenvalue weighted by atomic mass is 9.99. The van der Waals surface area contributed by atoms with E-state index < -0.39 is 59.8 Å². The molecule has 0 saturated carbocycles. The summed E-state index contributed by atoms with van der Waals surface area (Å²) in [5, 5.41) is 30.7. The van der Waals surface area contributed by atoms with E-state index in [-0.39, 0.29) is 19.6 Å². The predicted octanol–water partition coefficient (Wildman–Crippen LogP) is 11.8. The third kappa shape index (κ3) is 35.7. The summed E-state index contributed by atoms with van der Waals surface area (Å²) < 4.78 is 59.2. The summed E-state index contributed by atoms with van der Waals surface area (Å²) in [4.78, 5) is 12.9. The summed E-state index contributed by atoms with van der Waals surface area (Å²) in [7, 11) is -5.06. The van der Waals surface area contributed by atoms with Crippen LogP contribution in [-0.4, -0.2) is 97.5 Å². The van der Waals surface area contributed by atoms with Crippen LogP contribution in [0.5, 0.6) is 0 Å². The van der Waals surface area contributed by atoms with Gasteiger partial charge in [0.15, 0.2) is 6.29 Å². The number of allylic oxidation sites excluding steroid dienone is 2. The predicted molar refractivity (Wildman–Crippen MR) is 253 cm³/mol. The minimum absolute atomic E-state index is 0.0388. The molecular formula is C50H96O12S. The number of aliphatic hydroxyl groups excluding tert-OH is 3. The van der Waals surface area contributed by atoms with Gasteiger partial charge in [-0.15, -0.1) is 0 Å². The highest BCUT2D eigenvalue weighted by Gasteiger charge is 2.48. The van der Waals surface area contributed by atoms with Crippen LogP contribution < -0.4 is 0 Å². The first-order valence-electron chi connectivity index (χ1n) is 25.9. The van der Waals surface area contributed by atoms with Crippen LogP contribution in [-0.2, 0) is 38.3 Å². The maximum atomic E-state index is 12.9. The van der Waals surface area contributed by atoms with Gasteiger partial charge >= 0.3 is 16.4 Å². The second kappa shape index (κ2) is 42.2. The molecule has 374 valence electrons. The number of rotatable bonds is 46. The largest absolute Gasteiger partial charge is 0.457 e. The monoisotopic (exact) mass is 921 g/mol. The van der Waals surface area contributed by atoms with E-state index in [2.05, 4.69) is 30.2 Å². The topological polar surface area (TPSA) is 178 Å². The minimum atomic E-state index is -5.06. The average molecular weight is 921 g/mol. The first-order valence-corrected chi connectivity index (χ1v) is 27.3. The molecule has 0 aromatic heterocycles. The summed E-state index contributed by atoms with van der Waals surface area (Å²) >= 11 is 0. The lowest BCUT2D eigenvalue weighted by Gasteiger charge is -2.41. The number of unbranched alkanes of at least 4 members (excludes halogenated alkanes) is 31. The Morgan fingerprint density at radius 1 is 0.587 bits per heavy atom. The Hall–Kier alpha value is -1.16. The molecule has 6 unspecified atom stereocenters. The zero-order valence-corrected chi connectivity index (χ0v) is 41.0. The van der Waals surface area contributed by atoms with Crippen molar-refractivity contribution in [2.75, 3.05) is 26.4 Å². The first-order chi connectivity index (χ1) is 30.6. The number of carbonyl (C=O) groups excluding carboxylic acids is 1. The number of aliphatic hydroxyl groups is 3. The number of hydrogen-bond donors (Lipinski definition) is 4. The van der Waals surface area contributed by atoms with Crippen LogP contribution >= 0.6 is 0 Å². The lowest BCUT2D eigenvalue weighted by Crippen LogP contribution is -2.60. The van der Waals surface area contributed by atoms with Crippen LogP contribution in [0.2, 0.25) is 0 Å². The molecule has 1 aliphatic rings. The van der Waals surface area contributed by atoms with Crippen molar-refractivity contribution in [2.24, 2.45) is 0 Å². The van der Waals surface area contributed by atoms with Crippen molar-refractivity contribution in [3.8, 4) is 0 Å².